The maximum Gasteiger partial charge on any atom is 0.315 e. The van der Waals surface area contributed by atoms with Crippen molar-refractivity contribution in [1.82, 2.24) is 5.01 Å². The number of rotatable bonds is 9. The molecule has 8 nitrogen and oxygen atoms in total. The molecule has 42 heavy (non-hydrogen) atoms. The summed E-state index contributed by atoms with van der Waals surface area (Å²) in [6.07, 6.45) is 4.20. The lowest BCUT2D eigenvalue weighted by Gasteiger charge is -2.26. The molecular weight excluding hydrogens is 530 g/mol. The van der Waals surface area contributed by atoms with Gasteiger partial charge in [0, 0.05) is 11.3 Å². The molecule has 2 amide bonds. The van der Waals surface area contributed by atoms with Crippen LogP contribution in [0.5, 0.6) is 0 Å². The fourth-order valence-electron chi connectivity index (χ4n) is 5.75. The molecule has 1 aliphatic carbocycles. The number of ether oxygens (including phenoxy) is 2. The van der Waals surface area contributed by atoms with Gasteiger partial charge in [-0.3, -0.25) is 14.4 Å². The van der Waals surface area contributed by atoms with E-state index >= 15 is 0 Å². The van der Waals surface area contributed by atoms with Crippen LogP contribution in [0.25, 0.3) is 0 Å². The van der Waals surface area contributed by atoms with E-state index in [4.69, 9.17) is 9.47 Å². The van der Waals surface area contributed by atoms with Gasteiger partial charge in [0.2, 0.25) is 11.8 Å². The molecule has 0 saturated heterocycles. The molecule has 3 aromatic carbocycles. The molecule has 1 atom stereocenters. The number of hydrogen-bond acceptors (Lipinski definition) is 6. The Morgan fingerprint density at radius 1 is 1.02 bits per heavy atom. The Morgan fingerprint density at radius 2 is 1.74 bits per heavy atom. The Hall–Kier alpha value is -4.46. The lowest BCUT2D eigenvalue weighted by Crippen LogP contribution is -2.36. The molecule has 1 aliphatic heterocycles. The molecule has 1 N–H and O–H groups in total. The van der Waals surface area contributed by atoms with Crippen molar-refractivity contribution in [3.8, 4) is 0 Å². The molecule has 1 fully saturated rings. The lowest BCUT2D eigenvalue weighted by atomic mass is 9.83. The van der Waals surface area contributed by atoms with Crippen LogP contribution in [-0.2, 0) is 35.8 Å². The number of hydrogen-bond donors (Lipinski definition) is 1. The largest absolute Gasteiger partial charge is 0.468 e. The summed E-state index contributed by atoms with van der Waals surface area (Å²) in [5.41, 5.74) is 3.24. The van der Waals surface area contributed by atoms with Gasteiger partial charge in [-0.15, -0.1) is 5.10 Å². The fraction of sp³-hybridized carbons (Fsp3) is 0.353. The number of nitrogens with one attached hydrogen (secondary N) is 1. The van der Waals surface area contributed by atoms with Crippen molar-refractivity contribution in [3.05, 3.63) is 101 Å². The first-order chi connectivity index (χ1) is 20.3. The average molecular weight is 568 g/mol. The number of carbonyl (C=O) groups is 3. The van der Waals surface area contributed by atoms with Gasteiger partial charge in [-0.2, -0.15) is 0 Å². The number of esters is 1. The van der Waals surface area contributed by atoms with E-state index in [-0.39, 0.29) is 36.2 Å². The van der Waals surface area contributed by atoms with Gasteiger partial charge >= 0.3 is 5.97 Å². The Balaban J connectivity index is 1.33. The Kier molecular flexibility index (Phi) is 8.71. The summed E-state index contributed by atoms with van der Waals surface area (Å²) in [5, 5.41) is 9.00. The number of anilines is 1. The third-order valence-corrected chi connectivity index (χ3v) is 8.22. The van der Waals surface area contributed by atoms with Gasteiger partial charge in [0.25, 0.3) is 5.91 Å². The van der Waals surface area contributed by atoms with Crippen molar-refractivity contribution in [2.45, 2.75) is 57.4 Å². The van der Waals surface area contributed by atoms with Crippen LogP contribution in [0.1, 0.15) is 67.7 Å². The Bertz CT molecular complexity index is 1460. The van der Waals surface area contributed by atoms with Crippen LogP contribution < -0.4 is 5.32 Å². The van der Waals surface area contributed by atoms with Crippen LogP contribution in [0, 0.1) is 5.92 Å². The highest BCUT2D eigenvalue weighted by Crippen LogP contribution is 2.38. The topological polar surface area (TPSA) is 97.3 Å². The van der Waals surface area contributed by atoms with Gasteiger partial charge in [-0.1, -0.05) is 67.4 Å². The van der Waals surface area contributed by atoms with Gasteiger partial charge in [-0.25, -0.2) is 5.01 Å². The summed E-state index contributed by atoms with van der Waals surface area (Å²) in [6, 6.07) is 24.8. The molecule has 1 unspecified atom stereocenters. The third-order valence-electron chi connectivity index (χ3n) is 8.22. The van der Waals surface area contributed by atoms with Crippen LogP contribution in [0.3, 0.4) is 0 Å². The van der Waals surface area contributed by atoms with E-state index in [1.807, 2.05) is 78.9 Å². The van der Waals surface area contributed by atoms with Crippen LogP contribution in [0.4, 0.5) is 5.69 Å². The molecule has 0 spiro atoms. The highest BCUT2D eigenvalue weighted by Gasteiger charge is 2.34. The second-order valence-corrected chi connectivity index (χ2v) is 11.5. The Morgan fingerprint density at radius 3 is 2.43 bits per heavy atom. The van der Waals surface area contributed by atoms with E-state index in [2.05, 4.69) is 10.4 Å². The quantitative estimate of drug-likeness (QED) is 0.331. The number of methoxy groups -OCH3 is 1. The number of carbonyl (C=O) groups excluding carboxylic acids is 3. The van der Waals surface area contributed by atoms with Crippen molar-refractivity contribution in [1.29, 1.82) is 0 Å². The Labute approximate surface area is 246 Å². The zero-order valence-corrected chi connectivity index (χ0v) is 24.3. The minimum atomic E-state index is -0.843. The molecule has 8 heteroatoms. The molecule has 218 valence electrons. The van der Waals surface area contributed by atoms with Gasteiger partial charge in [0.15, 0.2) is 6.61 Å². The smallest absolute Gasteiger partial charge is 0.315 e. The highest BCUT2D eigenvalue weighted by molar-refractivity contribution is 5.98. The minimum absolute atomic E-state index is 0.0618. The standard InChI is InChI=1S/C34H37N3O5/c1-34(2,33(40)41-3)27-14-9-15-28(20-27)35-31(39)30(24-10-7-8-11-24)25-18-16-23(17-19-25)21-37-29(38)22-42-32(36-37)26-12-5-4-6-13-26/h4-6,9,12-20,24,30H,7-8,10-11,21-22H2,1-3H3,(H,35,39). The fourth-order valence-corrected chi connectivity index (χ4v) is 5.75. The molecule has 1 saturated carbocycles. The first-order valence-corrected chi connectivity index (χ1v) is 14.4. The van der Waals surface area contributed by atoms with E-state index in [1.54, 1.807) is 13.8 Å². The maximum absolute atomic E-state index is 13.8. The molecule has 5 rings (SSSR count). The van der Waals surface area contributed by atoms with E-state index in [1.165, 1.54) is 12.1 Å². The van der Waals surface area contributed by atoms with Crippen LogP contribution in [0.15, 0.2) is 84.0 Å². The van der Waals surface area contributed by atoms with E-state index in [0.29, 0.717) is 18.1 Å². The second-order valence-electron chi connectivity index (χ2n) is 11.5. The zero-order valence-electron chi connectivity index (χ0n) is 24.3. The molecule has 0 bridgehead atoms. The molecule has 0 aromatic heterocycles. The average Bonchev–Trinajstić information content (AvgIpc) is 3.54. The van der Waals surface area contributed by atoms with Gasteiger partial charge < -0.3 is 14.8 Å². The number of amides is 2. The SMILES string of the molecule is COC(=O)C(C)(C)c1cccc(NC(=O)C(c2ccc(CN3N=C(c4ccccc4)OCC3=O)cc2)C2CCCC2)c1. The van der Waals surface area contributed by atoms with Crippen LogP contribution >= 0.6 is 0 Å². The van der Waals surface area contributed by atoms with Crippen molar-refractivity contribution in [2.75, 3.05) is 19.0 Å². The molecule has 1 heterocycles. The van der Waals surface area contributed by atoms with Crippen LogP contribution in [0.2, 0.25) is 0 Å². The summed E-state index contributed by atoms with van der Waals surface area (Å²) in [7, 11) is 1.38. The van der Waals surface area contributed by atoms with Crippen molar-refractivity contribution < 1.29 is 23.9 Å². The van der Waals surface area contributed by atoms with E-state index in [0.717, 1.165) is 47.9 Å². The minimum Gasteiger partial charge on any atom is -0.468 e. The number of benzene rings is 3. The first kappa shape index (κ1) is 29.0. The number of hydrazone groups is 1. The van der Waals surface area contributed by atoms with Crippen molar-refractivity contribution in [3.63, 3.8) is 0 Å². The summed E-state index contributed by atoms with van der Waals surface area (Å²) < 4.78 is 10.5. The monoisotopic (exact) mass is 567 g/mol. The summed E-state index contributed by atoms with van der Waals surface area (Å²) in [6.45, 7) is 3.86. The molecule has 0 radical (unpaired) electrons. The molecule has 2 aliphatic rings. The number of nitrogens with zero attached hydrogens (tertiary/aromatic N) is 2. The van der Waals surface area contributed by atoms with Gasteiger partial charge in [0.1, 0.15) is 0 Å². The highest BCUT2D eigenvalue weighted by atomic mass is 16.5. The predicted molar refractivity (Wildman–Crippen MR) is 161 cm³/mol. The summed E-state index contributed by atoms with van der Waals surface area (Å²) in [4.78, 5) is 38.7. The van der Waals surface area contributed by atoms with Gasteiger partial charge in [0.05, 0.1) is 25.0 Å². The predicted octanol–water partition coefficient (Wildman–Crippen LogP) is 5.77. The maximum atomic E-state index is 13.8. The normalized spacial score (nSPS) is 16.4. The summed E-state index contributed by atoms with van der Waals surface area (Å²) in [5.74, 6) is -0.266. The lowest BCUT2D eigenvalue weighted by molar-refractivity contribution is -0.146. The summed E-state index contributed by atoms with van der Waals surface area (Å²) >= 11 is 0. The van der Waals surface area contributed by atoms with Crippen molar-refractivity contribution in [2.24, 2.45) is 11.0 Å². The van der Waals surface area contributed by atoms with E-state index < -0.39 is 5.41 Å². The zero-order chi connectivity index (χ0) is 29.7. The van der Waals surface area contributed by atoms with Crippen LogP contribution in [-0.4, -0.2) is 42.4 Å². The first-order valence-electron chi connectivity index (χ1n) is 14.4. The second kappa shape index (κ2) is 12.6. The van der Waals surface area contributed by atoms with E-state index in [9.17, 15) is 14.4 Å². The molecule has 3 aromatic rings. The van der Waals surface area contributed by atoms with Gasteiger partial charge in [-0.05, 0) is 73.6 Å². The van der Waals surface area contributed by atoms with Crippen molar-refractivity contribution >= 4 is 29.4 Å². The third kappa shape index (κ3) is 6.38. The molecular formula is C34H37N3O5.